The number of hydrogen-bond acceptors (Lipinski definition) is 0. The molecule has 0 nitrogen and oxygen atoms in total. The van der Waals surface area contributed by atoms with Crippen molar-refractivity contribution in [2.24, 2.45) is 0 Å². The first kappa shape index (κ1) is 9.67. The summed E-state index contributed by atoms with van der Waals surface area (Å²) in [5.74, 6) is 0. The third kappa shape index (κ3) is 1.20. The second kappa shape index (κ2) is 3.58. The van der Waals surface area contributed by atoms with Crippen LogP contribution < -0.4 is 0 Å². The van der Waals surface area contributed by atoms with E-state index >= 15 is 0 Å². The first-order valence-corrected chi connectivity index (χ1v) is 5.71. The van der Waals surface area contributed by atoms with Crippen LogP contribution in [0.5, 0.6) is 0 Å². The molecule has 0 amide bonds. The largest absolute Gasteiger partial charge is 0.0452 e. The molecule has 4 aromatic carbocycles. The van der Waals surface area contributed by atoms with E-state index in [0.29, 0.717) is 0 Å². The second-order valence-corrected chi connectivity index (χ2v) is 4.21. The van der Waals surface area contributed by atoms with Gasteiger partial charge in [-0.05, 0) is 105 Å². The maximum Gasteiger partial charge on any atom is -0.00921 e. The van der Waals surface area contributed by atoms with Crippen LogP contribution in [0, 0.1) is 36.4 Å². The monoisotopic (exact) mass is 222 g/mol. The topological polar surface area (TPSA) is 0 Å². The van der Waals surface area contributed by atoms with Crippen LogP contribution in [0.15, 0.2) is 36.4 Å². The Kier molecular flexibility index (Phi) is 1.92. The van der Waals surface area contributed by atoms with E-state index in [9.17, 15) is 0 Å². The fraction of sp³-hybridized carbons (Fsp3) is 0. The summed E-state index contributed by atoms with van der Waals surface area (Å²) in [6.45, 7) is 0. The molecule has 4 aromatic rings. The molecule has 0 saturated heterocycles. The highest BCUT2D eigenvalue weighted by atomic mass is 14.1. The van der Waals surface area contributed by atoms with Gasteiger partial charge in [0.25, 0.3) is 0 Å². The SMILES string of the molecule is [c]1[c]cc2c(c1)c1c[c][c]cc1c1c[c][c]cc21. The highest BCUT2D eigenvalue weighted by Gasteiger charge is 2.06. The summed E-state index contributed by atoms with van der Waals surface area (Å²) in [4.78, 5) is 0. The van der Waals surface area contributed by atoms with Gasteiger partial charge in [0.2, 0.25) is 0 Å². The summed E-state index contributed by atoms with van der Waals surface area (Å²) >= 11 is 0. The highest BCUT2D eigenvalue weighted by Crippen LogP contribution is 2.33. The Labute approximate surface area is 105 Å². The van der Waals surface area contributed by atoms with E-state index in [-0.39, 0.29) is 0 Å². The van der Waals surface area contributed by atoms with Crippen molar-refractivity contribution in [1.82, 2.24) is 0 Å². The zero-order valence-electron chi connectivity index (χ0n) is 9.46. The van der Waals surface area contributed by atoms with Gasteiger partial charge < -0.3 is 0 Å². The van der Waals surface area contributed by atoms with Gasteiger partial charge in [0.15, 0.2) is 0 Å². The minimum Gasteiger partial charge on any atom is -0.0452 e. The Hall–Kier alpha value is -2.34. The standard InChI is InChI=1S/C18H6/c1-2-8-14-13(7-1)15-9-3-4-11-17(15)18-12-6-5-10-16(14)18/h7-12H. The highest BCUT2D eigenvalue weighted by molar-refractivity contribution is 6.24. The summed E-state index contributed by atoms with van der Waals surface area (Å²) in [7, 11) is 0. The van der Waals surface area contributed by atoms with Crippen LogP contribution >= 0.6 is 0 Å². The predicted molar refractivity (Wildman–Crippen MR) is 72.0 cm³/mol. The third-order valence-electron chi connectivity index (χ3n) is 3.29. The van der Waals surface area contributed by atoms with Gasteiger partial charge in [-0.2, -0.15) is 0 Å². The van der Waals surface area contributed by atoms with Crippen LogP contribution in [0.1, 0.15) is 0 Å². The molecule has 0 N–H and O–H groups in total. The lowest BCUT2D eigenvalue weighted by atomic mass is 9.95. The van der Waals surface area contributed by atoms with Crippen LogP contribution in [0.2, 0.25) is 0 Å². The first-order valence-electron chi connectivity index (χ1n) is 5.71. The molecular formula is C18H6. The smallest absolute Gasteiger partial charge is 0.00921 e. The fourth-order valence-corrected chi connectivity index (χ4v) is 2.49. The van der Waals surface area contributed by atoms with Crippen molar-refractivity contribution in [2.75, 3.05) is 0 Å². The molecule has 18 heavy (non-hydrogen) atoms. The van der Waals surface area contributed by atoms with Crippen molar-refractivity contribution < 1.29 is 0 Å². The van der Waals surface area contributed by atoms with Crippen molar-refractivity contribution >= 4 is 32.3 Å². The molecular weight excluding hydrogens is 216 g/mol. The van der Waals surface area contributed by atoms with Gasteiger partial charge in [-0.3, -0.25) is 0 Å². The van der Waals surface area contributed by atoms with Gasteiger partial charge in [0.05, 0.1) is 0 Å². The second-order valence-electron chi connectivity index (χ2n) is 4.21. The average Bonchev–Trinajstić information content (AvgIpc) is 2.48. The normalized spacial score (nSPS) is 11.3. The van der Waals surface area contributed by atoms with Crippen molar-refractivity contribution in [3.63, 3.8) is 0 Å². The molecule has 0 atom stereocenters. The van der Waals surface area contributed by atoms with Crippen LogP contribution in [0.4, 0.5) is 0 Å². The lowest BCUT2D eigenvalue weighted by molar-refractivity contribution is 1.73. The molecule has 0 fully saturated rings. The molecule has 0 unspecified atom stereocenters. The molecule has 6 radical (unpaired) electrons. The van der Waals surface area contributed by atoms with E-state index in [0.717, 1.165) is 0 Å². The molecule has 0 aliphatic carbocycles. The molecule has 0 aromatic heterocycles. The van der Waals surface area contributed by atoms with Crippen LogP contribution in [0.3, 0.4) is 0 Å². The van der Waals surface area contributed by atoms with Crippen molar-refractivity contribution in [2.45, 2.75) is 0 Å². The van der Waals surface area contributed by atoms with Gasteiger partial charge >= 0.3 is 0 Å². The van der Waals surface area contributed by atoms with E-state index in [1.807, 2.05) is 36.4 Å². The van der Waals surface area contributed by atoms with Gasteiger partial charge in [0, 0.05) is 0 Å². The molecule has 0 bridgehead atoms. The minimum absolute atomic E-state index is 1.17. The van der Waals surface area contributed by atoms with E-state index in [1.54, 1.807) is 0 Å². The number of benzene rings is 4. The fourth-order valence-electron chi connectivity index (χ4n) is 2.49. The Morgan fingerprint density at radius 2 is 0.500 bits per heavy atom. The van der Waals surface area contributed by atoms with Gasteiger partial charge in [-0.1, -0.05) is 0 Å². The number of fused-ring (bicyclic) bond motifs is 6. The quantitative estimate of drug-likeness (QED) is 0.395. The Balaban J connectivity index is 2.46. The van der Waals surface area contributed by atoms with E-state index in [1.165, 1.54) is 32.3 Å². The summed E-state index contributed by atoms with van der Waals surface area (Å²) in [6.07, 6.45) is 0. The summed E-state index contributed by atoms with van der Waals surface area (Å²) in [5.41, 5.74) is 0. The molecule has 4 rings (SSSR count). The first-order chi connectivity index (χ1) is 8.95. The molecule has 0 spiro atoms. The number of rotatable bonds is 0. The minimum atomic E-state index is 1.17. The van der Waals surface area contributed by atoms with Gasteiger partial charge in [-0.25, -0.2) is 0 Å². The average molecular weight is 222 g/mol. The maximum atomic E-state index is 3.03. The Morgan fingerprint density at radius 3 is 0.667 bits per heavy atom. The summed E-state index contributed by atoms with van der Waals surface area (Å²) in [6, 6.07) is 30.0. The van der Waals surface area contributed by atoms with Gasteiger partial charge in [-0.15, -0.1) is 0 Å². The van der Waals surface area contributed by atoms with Crippen LogP contribution in [0.25, 0.3) is 32.3 Å². The van der Waals surface area contributed by atoms with E-state index < -0.39 is 0 Å². The van der Waals surface area contributed by atoms with Crippen molar-refractivity contribution in [1.29, 1.82) is 0 Å². The van der Waals surface area contributed by atoms with Crippen LogP contribution in [-0.2, 0) is 0 Å². The zero-order chi connectivity index (χ0) is 11.9. The molecule has 0 aliphatic heterocycles. The molecule has 0 heterocycles. The van der Waals surface area contributed by atoms with E-state index in [4.69, 9.17) is 0 Å². The molecule has 78 valence electrons. The Bertz CT molecular complexity index is 652. The third-order valence-corrected chi connectivity index (χ3v) is 3.29. The zero-order valence-corrected chi connectivity index (χ0v) is 9.46. The summed E-state index contributed by atoms with van der Waals surface area (Å²) < 4.78 is 0. The van der Waals surface area contributed by atoms with Gasteiger partial charge in [0.1, 0.15) is 0 Å². The lowest BCUT2D eigenvalue weighted by Gasteiger charge is -2.08. The molecule has 0 saturated carbocycles. The number of hydrogen-bond donors (Lipinski definition) is 0. The molecule has 0 heteroatoms. The Morgan fingerprint density at radius 1 is 0.333 bits per heavy atom. The lowest BCUT2D eigenvalue weighted by Crippen LogP contribution is -1.82. The predicted octanol–water partition coefficient (Wildman–Crippen LogP) is 3.95. The van der Waals surface area contributed by atoms with Crippen molar-refractivity contribution in [3.05, 3.63) is 72.8 Å². The van der Waals surface area contributed by atoms with E-state index in [2.05, 4.69) is 36.4 Å². The maximum absolute atomic E-state index is 3.03. The van der Waals surface area contributed by atoms with Crippen molar-refractivity contribution in [3.8, 4) is 0 Å². The summed E-state index contributed by atoms with van der Waals surface area (Å²) in [5, 5.41) is 7.01. The molecule has 0 aliphatic rings. The van der Waals surface area contributed by atoms with Crippen LogP contribution in [-0.4, -0.2) is 0 Å².